The van der Waals surface area contributed by atoms with Crippen LogP contribution in [0.1, 0.15) is 16.2 Å². The Hall–Kier alpha value is -1.15. The third-order valence-electron chi connectivity index (χ3n) is 2.15. The van der Waals surface area contributed by atoms with Crippen LogP contribution in [0.25, 0.3) is 0 Å². The number of hydrogen-bond donors (Lipinski definition) is 1. The number of aryl methyl sites for hydroxylation is 1. The van der Waals surface area contributed by atoms with E-state index in [2.05, 4.69) is 17.9 Å². The van der Waals surface area contributed by atoms with E-state index in [0.717, 1.165) is 17.1 Å². The normalized spacial score (nSPS) is 10.0. The molecule has 0 aliphatic rings. The largest absolute Gasteiger partial charge is 0.468 e. The van der Waals surface area contributed by atoms with Gasteiger partial charge in [0.15, 0.2) is 0 Å². The highest BCUT2D eigenvalue weighted by atomic mass is 32.2. The molecule has 88 valence electrons. The predicted molar refractivity (Wildman–Crippen MR) is 71.3 cm³/mol. The van der Waals surface area contributed by atoms with Crippen LogP contribution in [0.3, 0.4) is 0 Å². The Labute approximate surface area is 109 Å². The molecule has 2 rings (SSSR count). The Morgan fingerprint density at radius 2 is 2.41 bits per heavy atom. The van der Waals surface area contributed by atoms with Crippen molar-refractivity contribution in [3.05, 3.63) is 40.0 Å². The molecule has 0 spiro atoms. The van der Waals surface area contributed by atoms with Crippen molar-refractivity contribution in [1.29, 1.82) is 0 Å². The molecule has 0 atom stereocenters. The standard InChI is InChI=1S/C13H12O2S2/c1-10-13(4-6-15-10)17-9-12-7-11(8-16-12)3-2-5-14/h4,6-8,14H,5,9H2,1H3. The molecule has 4 heteroatoms. The maximum atomic E-state index is 8.61. The molecule has 2 aromatic rings. The third-order valence-corrected chi connectivity index (χ3v) is 4.46. The van der Waals surface area contributed by atoms with Gasteiger partial charge in [0, 0.05) is 26.5 Å². The van der Waals surface area contributed by atoms with Crippen LogP contribution in [0.15, 0.2) is 33.1 Å². The molecule has 0 unspecified atom stereocenters. The van der Waals surface area contributed by atoms with Crippen molar-refractivity contribution in [1.82, 2.24) is 0 Å². The van der Waals surface area contributed by atoms with E-state index in [1.807, 2.05) is 18.4 Å². The van der Waals surface area contributed by atoms with E-state index in [0.29, 0.717) is 0 Å². The average molecular weight is 264 g/mol. The highest BCUT2D eigenvalue weighted by Gasteiger charge is 2.04. The maximum absolute atomic E-state index is 8.61. The summed E-state index contributed by atoms with van der Waals surface area (Å²) in [6.45, 7) is 1.88. The van der Waals surface area contributed by atoms with Gasteiger partial charge in [0.25, 0.3) is 0 Å². The molecule has 2 nitrogen and oxygen atoms in total. The Morgan fingerprint density at radius 1 is 1.53 bits per heavy atom. The van der Waals surface area contributed by atoms with Crippen LogP contribution in [0.5, 0.6) is 0 Å². The van der Waals surface area contributed by atoms with Crippen LogP contribution >= 0.6 is 23.1 Å². The summed E-state index contributed by atoms with van der Waals surface area (Å²) in [5, 5.41) is 10.6. The molecule has 0 amide bonds. The first kappa shape index (κ1) is 12.3. The van der Waals surface area contributed by atoms with E-state index in [1.165, 1.54) is 9.77 Å². The van der Waals surface area contributed by atoms with Crippen molar-refractivity contribution < 1.29 is 9.52 Å². The van der Waals surface area contributed by atoms with E-state index >= 15 is 0 Å². The lowest BCUT2D eigenvalue weighted by Gasteiger charge is -1.96. The highest BCUT2D eigenvalue weighted by molar-refractivity contribution is 7.98. The summed E-state index contributed by atoms with van der Waals surface area (Å²) in [5.41, 5.74) is 0.976. The van der Waals surface area contributed by atoms with Gasteiger partial charge in [0.2, 0.25) is 0 Å². The van der Waals surface area contributed by atoms with Gasteiger partial charge in [0.1, 0.15) is 12.4 Å². The molecule has 0 radical (unpaired) electrons. The molecule has 0 aliphatic heterocycles. The van der Waals surface area contributed by atoms with Crippen LogP contribution in [0.2, 0.25) is 0 Å². The summed E-state index contributed by atoms with van der Waals surface area (Å²) in [5.74, 6) is 7.44. The van der Waals surface area contributed by atoms with E-state index in [4.69, 9.17) is 9.52 Å². The van der Waals surface area contributed by atoms with Crippen molar-refractivity contribution in [3.8, 4) is 11.8 Å². The molecule has 0 saturated carbocycles. The van der Waals surface area contributed by atoms with Crippen molar-refractivity contribution in [2.45, 2.75) is 17.6 Å². The molecular formula is C13H12O2S2. The molecule has 2 aromatic heterocycles. The van der Waals surface area contributed by atoms with Crippen LogP contribution < -0.4 is 0 Å². The lowest BCUT2D eigenvalue weighted by atomic mass is 10.3. The number of aliphatic hydroxyl groups is 1. The van der Waals surface area contributed by atoms with Crippen molar-refractivity contribution in [3.63, 3.8) is 0 Å². The van der Waals surface area contributed by atoms with E-state index in [1.54, 1.807) is 29.4 Å². The van der Waals surface area contributed by atoms with Gasteiger partial charge < -0.3 is 9.52 Å². The van der Waals surface area contributed by atoms with E-state index < -0.39 is 0 Å². The minimum atomic E-state index is -0.0891. The fourth-order valence-corrected chi connectivity index (χ4v) is 3.17. The monoisotopic (exact) mass is 264 g/mol. The topological polar surface area (TPSA) is 33.4 Å². The summed E-state index contributed by atoms with van der Waals surface area (Å²) in [6.07, 6.45) is 1.71. The average Bonchev–Trinajstić information content (AvgIpc) is 2.93. The predicted octanol–water partition coefficient (Wildman–Crippen LogP) is 3.29. The lowest BCUT2D eigenvalue weighted by Crippen LogP contribution is -1.75. The fraction of sp³-hybridized carbons (Fsp3) is 0.231. The Balaban J connectivity index is 1.96. The zero-order valence-corrected chi connectivity index (χ0v) is 11.0. The summed E-state index contributed by atoms with van der Waals surface area (Å²) in [4.78, 5) is 2.46. The Bertz CT molecular complexity index is 543. The van der Waals surface area contributed by atoms with Gasteiger partial charge in [-0.15, -0.1) is 23.1 Å². The molecule has 17 heavy (non-hydrogen) atoms. The highest BCUT2D eigenvalue weighted by Crippen LogP contribution is 2.28. The van der Waals surface area contributed by atoms with Gasteiger partial charge in [-0.2, -0.15) is 0 Å². The molecule has 0 aliphatic carbocycles. The molecule has 0 fully saturated rings. The number of thioether (sulfide) groups is 1. The smallest absolute Gasteiger partial charge is 0.114 e. The molecule has 2 heterocycles. The van der Waals surface area contributed by atoms with Crippen molar-refractivity contribution >= 4 is 23.1 Å². The van der Waals surface area contributed by atoms with Crippen LogP contribution in [-0.4, -0.2) is 11.7 Å². The molecule has 1 N–H and O–H groups in total. The molecular weight excluding hydrogens is 252 g/mol. The molecule has 0 bridgehead atoms. The second kappa shape index (κ2) is 5.97. The minimum absolute atomic E-state index is 0.0891. The Kier molecular flexibility index (Phi) is 4.32. The third kappa shape index (κ3) is 3.40. The number of hydrogen-bond acceptors (Lipinski definition) is 4. The first-order chi connectivity index (χ1) is 8.29. The van der Waals surface area contributed by atoms with Gasteiger partial charge in [-0.1, -0.05) is 11.8 Å². The van der Waals surface area contributed by atoms with E-state index in [-0.39, 0.29) is 6.61 Å². The van der Waals surface area contributed by atoms with Crippen LogP contribution in [0, 0.1) is 18.8 Å². The van der Waals surface area contributed by atoms with Crippen molar-refractivity contribution in [2.75, 3.05) is 6.61 Å². The molecule has 0 aromatic carbocycles. The summed E-state index contributed by atoms with van der Waals surface area (Å²) in [6, 6.07) is 4.05. The number of thiophene rings is 1. The zero-order valence-electron chi connectivity index (χ0n) is 9.40. The zero-order chi connectivity index (χ0) is 12.1. The molecule has 0 saturated heterocycles. The summed E-state index contributed by atoms with van der Waals surface area (Å²) < 4.78 is 5.24. The van der Waals surface area contributed by atoms with Gasteiger partial charge in [-0.25, -0.2) is 0 Å². The van der Waals surface area contributed by atoms with Crippen LogP contribution in [-0.2, 0) is 5.75 Å². The minimum Gasteiger partial charge on any atom is -0.468 e. The van der Waals surface area contributed by atoms with Crippen molar-refractivity contribution in [2.24, 2.45) is 0 Å². The van der Waals surface area contributed by atoms with Gasteiger partial charge in [-0.05, 0) is 19.1 Å². The number of rotatable bonds is 3. The number of furan rings is 1. The van der Waals surface area contributed by atoms with Gasteiger partial charge in [-0.3, -0.25) is 0 Å². The summed E-state index contributed by atoms with van der Waals surface area (Å²) in [7, 11) is 0. The fourth-order valence-electron chi connectivity index (χ4n) is 1.34. The van der Waals surface area contributed by atoms with Gasteiger partial charge in [0.05, 0.1) is 6.26 Å². The quantitative estimate of drug-likeness (QED) is 0.682. The first-order valence-corrected chi connectivity index (χ1v) is 7.00. The Morgan fingerprint density at radius 3 is 3.12 bits per heavy atom. The summed E-state index contributed by atoms with van der Waals surface area (Å²) >= 11 is 3.46. The lowest BCUT2D eigenvalue weighted by molar-refractivity contribution is 0.350. The second-order valence-electron chi connectivity index (χ2n) is 3.39. The first-order valence-electron chi connectivity index (χ1n) is 5.13. The SMILES string of the molecule is Cc1occc1SCc1cc(C#CCO)cs1. The van der Waals surface area contributed by atoms with Gasteiger partial charge >= 0.3 is 0 Å². The van der Waals surface area contributed by atoms with E-state index in [9.17, 15) is 0 Å². The number of aliphatic hydroxyl groups excluding tert-OH is 1. The maximum Gasteiger partial charge on any atom is 0.114 e. The second-order valence-corrected chi connectivity index (χ2v) is 5.40. The van der Waals surface area contributed by atoms with Crippen LogP contribution in [0.4, 0.5) is 0 Å².